The zero-order valence-corrected chi connectivity index (χ0v) is 9.98. The molecule has 0 aliphatic heterocycles. The number of carbonyl (C=O) groups is 1. The van der Waals surface area contributed by atoms with E-state index in [1.165, 1.54) is 0 Å². The van der Waals surface area contributed by atoms with Gasteiger partial charge in [0.1, 0.15) is 5.65 Å². The first-order chi connectivity index (χ1) is 8.09. The summed E-state index contributed by atoms with van der Waals surface area (Å²) < 4.78 is 1.61. The van der Waals surface area contributed by atoms with Crippen molar-refractivity contribution < 1.29 is 9.90 Å². The van der Waals surface area contributed by atoms with Crippen molar-refractivity contribution in [1.29, 1.82) is 0 Å². The van der Waals surface area contributed by atoms with Crippen LogP contribution in [-0.4, -0.2) is 33.0 Å². The number of rotatable bonds is 3. The molecule has 2 N–H and O–H groups in total. The maximum Gasteiger partial charge on any atom is 0.271 e. The Labute approximate surface area is 103 Å². The second-order valence-corrected chi connectivity index (χ2v) is 4.10. The van der Waals surface area contributed by atoms with Crippen LogP contribution in [0.1, 0.15) is 17.4 Å². The Morgan fingerprint density at radius 2 is 2.41 bits per heavy atom. The van der Waals surface area contributed by atoms with Crippen molar-refractivity contribution in [3.63, 3.8) is 0 Å². The fraction of sp³-hybridized carbons (Fsp3) is 0.273. The highest BCUT2D eigenvalue weighted by Gasteiger charge is 2.17. The monoisotopic (exact) mass is 253 g/mol. The maximum atomic E-state index is 11.9. The van der Waals surface area contributed by atoms with Crippen LogP contribution in [0.15, 0.2) is 24.4 Å². The third-order valence-electron chi connectivity index (χ3n) is 2.26. The quantitative estimate of drug-likeness (QED) is 0.861. The van der Waals surface area contributed by atoms with Crippen LogP contribution in [0.3, 0.4) is 0 Å². The van der Waals surface area contributed by atoms with Gasteiger partial charge in [0.25, 0.3) is 5.91 Å². The van der Waals surface area contributed by atoms with E-state index in [0.717, 1.165) is 0 Å². The van der Waals surface area contributed by atoms with Crippen molar-refractivity contribution in [2.24, 2.45) is 0 Å². The van der Waals surface area contributed by atoms with Crippen LogP contribution in [0, 0.1) is 0 Å². The molecule has 2 rings (SSSR count). The van der Waals surface area contributed by atoms with Gasteiger partial charge in [0.2, 0.25) is 0 Å². The van der Waals surface area contributed by atoms with Gasteiger partial charge in [0.05, 0.1) is 6.10 Å². The molecule has 0 aliphatic rings. The number of nitrogens with one attached hydrogen (secondary N) is 1. The van der Waals surface area contributed by atoms with E-state index in [9.17, 15) is 4.79 Å². The summed E-state index contributed by atoms with van der Waals surface area (Å²) in [6.45, 7) is 1.77. The highest BCUT2D eigenvalue weighted by molar-refractivity contribution is 6.32. The summed E-state index contributed by atoms with van der Waals surface area (Å²) in [5.74, 6) is -0.352. The van der Waals surface area contributed by atoms with Gasteiger partial charge in [-0.3, -0.25) is 9.20 Å². The van der Waals surface area contributed by atoms with E-state index in [2.05, 4.69) is 10.3 Å². The number of imidazole rings is 1. The average Bonchev–Trinajstić information content (AvgIpc) is 2.61. The van der Waals surface area contributed by atoms with Crippen molar-refractivity contribution in [2.75, 3.05) is 6.54 Å². The number of fused-ring (bicyclic) bond motifs is 1. The Kier molecular flexibility index (Phi) is 3.31. The highest BCUT2D eigenvalue weighted by Crippen LogP contribution is 2.17. The van der Waals surface area contributed by atoms with Crippen LogP contribution in [0.4, 0.5) is 0 Å². The molecule has 5 nitrogen and oxygen atoms in total. The summed E-state index contributed by atoms with van der Waals surface area (Å²) in [5, 5.41) is 11.8. The lowest BCUT2D eigenvalue weighted by Gasteiger charge is -2.06. The molecule has 0 aromatic carbocycles. The lowest BCUT2D eigenvalue weighted by atomic mass is 10.3. The number of amides is 1. The molecule has 0 spiro atoms. The Morgan fingerprint density at radius 1 is 1.65 bits per heavy atom. The van der Waals surface area contributed by atoms with Crippen LogP contribution < -0.4 is 5.32 Å². The van der Waals surface area contributed by atoms with Crippen LogP contribution in [0.2, 0.25) is 5.15 Å². The van der Waals surface area contributed by atoms with E-state index >= 15 is 0 Å². The number of hydrogen-bond acceptors (Lipinski definition) is 3. The molecule has 2 heterocycles. The first-order valence-electron chi connectivity index (χ1n) is 5.18. The lowest BCUT2D eigenvalue weighted by Crippen LogP contribution is -2.31. The first-order valence-corrected chi connectivity index (χ1v) is 5.56. The van der Waals surface area contributed by atoms with Gasteiger partial charge in [-0.1, -0.05) is 17.7 Å². The highest BCUT2D eigenvalue weighted by atomic mass is 35.5. The van der Waals surface area contributed by atoms with Gasteiger partial charge in [-0.15, -0.1) is 0 Å². The third kappa shape index (κ3) is 2.40. The fourth-order valence-corrected chi connectivity index (χ4v) is 1.76. The molecule has 0 bridgehead atoms. The molecule has 0 radical (unpaired) electrons. The van der Waals surface area contributed by atoms with Crippen LogP contribution in [0.5, 0.6) is 0 Å². The molecule has 1 amide bonds. The zero-order chi connectivity index (χ0) is 12.4. The van der Waals surface area contributed by atoms with Crippen molar-refractivity contribution in [3.05, 3.63) is 35.2 Å². The maximum absolute atomic E-state index is 11.9. The molecule has 1 atom stereocenters. The average molecular weight is 254 g/mol. The van der Waals surface area contributed by atoms with Crippen LogP contribution in [0.25, 0.3) is 5.65 Å². The predicted octanol–water partition coefficient (Wildman–Crippen LogP) is 1.10. The summed E-state index contributed by atoms with van der Waals surface area (Å²) in [6.07, 6.45) is 1.11. The lowest BCUT2D eigenvalue weighted by molar-refractivity contribution is 0.0918. The number of aromatic nitrogens is 2. The number of halogens is 1. The topological polar surface area (TPSA) is 66.6 Å². The van der Waals surface area contributed by atoms with Gasteiger partial charge >= 0.3 is 0 Å². The SMILES string of the molecule is CC(O)CNC(=O)c1c(Cl)nc2ccccn12. The summed E-state index contributed by atoms with van der Waals surface area (Å²) in [6, 6.07) is 5.37. The van der Waals surface area contributed by atoms with Crippen molar-refractivity contribution >= 4 is 23.2 Å². The predicted molar refractivity (Wildman–Crippen MR) is 64.2 cm³/mol. The largest absolute Gasteiger partial charge is 0.392 e. The molecule has 0 saturated carbocycles. The Morgan fingerprint density at radius 3 is 3.12 bits per heavy atom. The summed E-state index contributed by atoms with van der Waals surface area (Å²) in [4.78, 5) is 15.9. The minimum Gasteiger partial charge on any atom is -0.392 e. The van der Waals surface area contributed by atoms with E-state index in [4.69, 9.17) is 16.7 Å². The van der Waals surface area contributed by atoms with Crippen LogP contribution in [-0.2, 0) is 0 Å². The normalized spacial score (nSPS) is 12.6. The summed E-state index contributed by atoms with van der Waals surface area (Å²) in [7, 11) is 0. The number of nitrogens with zero attached hydrogens (tertiary/aromatic N) is 2. The van der Waals surface area contributed by atoms with Gasteiger partial charge in [-0.2, -0.15) is 0 Å². The Bertz CT molecular complexity index is 551. The molecule has 0 fully saturated rings. The number of hydrogen-bond donors (Lipinski definition) is 2. The molecule has 2 aromatic heterocycles. The molecule has 0 saturated heterocycles. The Balaban J connectivity index is 2.34. The molecule has 90 valence electrons. The number of aliphatic hydroxyl groups is 1. The summed E-state index contributed by atoms with van der Waals surface area (Å²) >= 11 is 5.92. The Hall–Kier alpha value is -1.59. The van der Waals surface area contributed by atoms with Gasteiger partial charge in [0, 0.05) is 12.7 Å². The van der Waals surface area contributed by atoms with E-state index in [1.807, 2.05) is 6.07 Å². The molecular weight excluding hydrogens is 242 g/mol. The van der Waals surface area contributed by atoms with Crippen molar-refractivity contribution in [1.82, 2.24) is 14.7 Å². The van der Waals surface area contributed by atoms with Gasteiger partial charge in [-0.25, -0.2) is 4.98 Å². The smallest absolute Gasteiger partial charge is 0.271 e. The third-order valence-corrected chi connectivity index (χ3v) is 2.52. The molecular formula is C11H12ClN3O2. The van der Waals surface area contributed by atoms with Gasteiger partial charge < -0.3 is 10.4 Å². The fourth-order valence-electron chi connectivity index (χ4n) is 1.49. The van der Waals surface area contributed by atoms with E-state index in [0.29, 0.717) is 5.65 Å². The molecule has 0 aliphatic carbocycles. The molecule has 1 unspecified atom stereocenters. The molecule has 6 heteroatoms. The van der Waals surface area contributed by atoms with Crippen molar-refractivity contribution in [2.45, 2.75) is 13.0 Å². The van der Waals surface area contributed by atoms with E-state index < -0.39 is 6.10 Å². The van der Waals surface area contributed by atoms with E-state index in [-0.39, 0.29) is 23.3 Å². The van der Waals surface area contributed by atoms with Crippen LogP contribution >= 0.6 is 11.6 Å². The first kappa shape index (κ1) is 11.9. The van der Waals surface area contributed by atoms with E-state index in [1.54, 1.807) is 29.7 Å². The standard InChI is InChI=1S/C11H12ClN3O2/c1-7(16)6-13-11(17)9-10(12)14-8-4-2-3-5-15(8)9/h2-5,7,16H,6H2,1H3,(H,13,17). The molecule has 17 heavy (non-hydrogen) atoms. The number of carbonyl (C=O) groups excluding carboxylic acids is 1. The molecule has 2 aromatic rings. The van der Waals surface area contributed by atoms with Gasteiger partial charge in [0.15, 0.2) is 10.8 Å². The second-order valence-electron chi connectivity index (χ2n) is 3.74. The van der Waals surface area contributed by atoms with Crippen molar-refractivity contribution in [3.8, 4) is 0 Å². The number of aliphatic hydroxyl groups excluding tert-OH is 1. The number of pyridine rings is 1. The minimum atomic E-state index is -0.600. The second kappa shape index (κ2) is 4.73. The van der Waals surface area contributed by atoms with Gasteiger partial charge in [-0.05, 0) is 19.1 Å². The minimum absolute atomic E-state index is 0.152. The summed E-state index contributed by atoms with van der Waals surface area (Å²) in [5.41, 5.74) is 0.891. The zero-order valence-electron chi connectivity index (χ0n) is 9.22.